The smallest absolute Gasteiger partial charge is 0.339 e. The van der Waals surface area contributed by atoms with Crippen LogP contribution in [0.5, 0.6) is 0 Å². The number of anilines is 1. The molecule has 2 aromatic rings. The number of ether oxygens (including phenoxy) is 1. The van der Waals surface area contributed by atoms with Crippen LogP contribution in [0.25, 0.3) is 0 Å². The van der Waals surface area contributed by atoms with Gasteiger partial charge in [0, 0.05) is 6.54 Å². The molecule has 0 unspecified atom stereocenters. The maximum atomic E-state index is 12.1. The number of nitrogens with one attached hydrogen (secondary N) is 1. The van der Waals surface area contributed by atoms with E-state index in [2.05, 4.69) is 20.4 Å². The molecule has 22 heavy (non-hydrogen) atoms. The first kappa shape index (κ1) is 15.6. The van der Waals surface area contributed by atoms with Crippen molar-refractivity contribution in [2.24, 2.45) is 5.73 Å². The van der Waals surface area contributed by atoms with Crippen molar-refractivity contribution < 1.29 is 14.3 Å². The Morgan fingerprint density at radius 2 is 2.09 bits per heavy atom. The van der Waals surface area contributed by atoms with Gasteiger partial charge in [-0.05, 0) is 19.1 Å². The van der Waals surface area contributed by atoms with Crippen LogP contribution < -0.4 is 11.1 Å². The van der Waals surface area contributed by atoms with Crippen LogP contribution in [-0.2, 0) is 22.6 Å². The first-order chi connectivity index (χ1) is 10.6. The Balaban J connectivity index is 2.12. The van der Waals surface area contributed by atoms with Crippen molar-refractivity contribution in [3.05, 3.63) is 41.2 Å². The third kappa shape index (κ3) is 3.29. The molecule has 8 nitrogen and oxygen atoms in total. The molecule has 1 amide bonds. The van der Waals surface area contributed by atoms with E-state index < -0.39 is 5.97 Å². The minimum Gasteiger partial charge on any atom is -0.465 e. The number of nitrogens with zero attached hydrogens (tertiary/aromatic N) is 3. The lowest BCUT2D eigenvalue weighted by molar-refractivity contribution is -0.117. The number of nitrogens with two attached hydrogens (primary N) is 1. The van der Waals surface area contributed by atoms with Gasteiger partial charge in [-0.2, -0.15) is 0 Å². The van der Waals surface area contributed by atoms with Crippen LogP contribution in [0.1, 0.15) is 21.7 Å². The standard InChI is InChI=1S/C14H17N5O3/c1-9-12(7-15)17-18-19(9)8-13(20)16-11-6-4-3-5-10(11)14(21)22-2/h3-6H,7-8,15H2,1-2H3,(H,16,20). The van der Waals surface area contributed by atoms with E-state index in [1.807, 2.05) is 0 Å². The van der Waals surface area contributed by atoms with Gasteiger partial charge in [-0.15, -0.1) is 5.10 Å². The van der Waals surface area contributed by atoms with Gasteiger partial charge >= 0.3 is 5.97 Å². The first-order valence-corrected chi connectivity index (χ1v) is 6.63. The van der Waals surface area contributed by atoms with Crippen LogP contribution in [0, 0.1) is 6.92 Å². The number of carbonyl (C=O) groups is 2. The van der Waals surface area contributed by atoms with Crippen molar-refractivity contribution in [1.29, 1.82) is 0 Å². The average molecular weight is 303 g/mol. The number of benzene rings is 1. The van der Waals surface area contributed by atoms with Gasteiger partial charge in [0.15, 0.2) is 0 Å². The zero-order chi connectivity index (χ0) is 16.1. The largest absolute Gasteiger partial charge is 0.465 e. The number of aromatic nitrogens is 3. The molecule has 1 aromatic carbocycles. The highest BCUT2D eigenvalue weighted by molar-refractivity contribution is 6.01. The summed E-state index contributed by atoms with van der Waals surface area (Å²) in [6.45, 7) is 2.03. The van der Waals surface area contributed by atoms with Crippen LogP contribution in [0.2, 0.25) is 0 Å². The first-order valence-electron chi connectivity index (χ1n) is 6.63. The Morgan fingerprint density at radius 1 is 1.36 bits per heavy atom. The van der Waals surface area contributed by atoms with Gasteiger partial charge in [-0.3, -0.25) is 4.79 Å². The van der Waals surface area contributed by atoms with E-state index in [0.717, 1.165) is 5.69 Å². The van der Waals surface area contributed by atoms with Gasteiger partial charge in [0.25, 0.3) is 0 Å². The lowest BCUT2D eigenvalue weighted by atomic mass is 10.2. The summed E-state index contributed by atoms with van der Waals surface area (Å²) in [5, 5.41) is 10.4. The lowest BCUT2D eigenvalue weighted by Gasteiger charge is -2.10. The minimum atomic E-state index is -0.516. The van der Waals surface area contributed by atoms with Gasteiger partial charge in [0.05, 0.1) is 29.7 Å². The number of esters is 1. The van der Waals surface area contributed by atoms with Crippen LogP contribution in [0.3, 0.4) is 0 Å². The summed E-state index contributed by atoms with van der Waals surface area (Å²) in [4.78, 5) is 23.8. The van der Waals surface area contributed by atoms with Crippen molar-refractivity contribution >= 4 is 17.6 Å². The molecule has 0 saturated heterocycles. The monoisotopic (exact) mass is 303 g/mol. The Kier molecular flexibility index (Phi) is 4.84. The number of rotatable bonds is 5. The molecule has 0 aliphatic carbocycles. The van der Waals surface area contributed by atoms with Gasteiger partial charge in [0.2, 0.25) is 5.91 Å². The molecule has 0 aliphatic heterocycles. The van der Waals surface area contributed by atoms with Crippen LogP contribution in [0.4, 0.5) is 5.69 Å². The van der Waals surface area contributed by atoms with Gasteiger partial charge in [-0.25, -0.2) is 9.48 Å². The molecular formula is C14H17N5O3. The number of hydrogen-bond acceptors (Lipinski definition) is 6. The van der Waals surface area contributed by atoms with E-state index in [1.54, 1.807) is 31.2 Å². The quantitative estimate of drug-likeness (QED) is 0.776. The fourth-order valence-electron chi connectivity index (χ4n) is 1.94. The number of para-hydroxylation sites is 1. The zero-order valence-electron chi connectivity index (χ0n) is 12.4. The molecule has 8 heteroatoms. The molecule has 3 N–H and O–H groups in total. The molecule has 0 fully saturated rings. The summed E-state index contributed by atoms with van der Waals surface area (Å²) in [5.41, 5.74) is 7.57. The number of hydrogen-bond donors (Lipinski definition) is 2. The van der Waals surface area contributed by atoms with Crippen molar-refractivity contribution in [2.45, 2.75) is 20.0 Å². The van der Waals surface area contributed by atoms with E-state index in [-0.39, 0.29) is 24.6 Å². The highest BCUT2D eigenvalue weighted by Gasteiger charge is 2.15. The zero-order valence-corrected chi connectivity index (χ0v) is 12.4. The molecule has 0 saturated carbocycles. The lowest BCUT2D eigenvalue weighted by Crippen LogP contribution is -2.22. The maximum Gasteiger partial charge on any atom is 0.339 e. The Morgan fingerprint density at radius 3 is 2.73 bits per heavy atom. The molecule has 0 bridgehead atoms. The molecule has 116 valence electrons. The molecule has 0 atom stereocenters. The summed E-state index contributed by atoms with van der Waals surface area (Å²) in [5.74, 6) is -0.842. The Labute approximate surface area is 127 Å². The fraction of sp³-hybridized carbons (Fsp3) is 0.286. The molecule has 2 rings (SSSR count). The molecule has 1 heterocycles. The van der Waals surface area contributed by atoms with Crippen molar-refractivity contribution in [3.63, 3.8) is 0 Å². The second kappa shape index (κ2) is 6.81. The van der Waals surface area contributed by atoms with Crippen LogP contribution in [0.15, 0.2) is 24.3 Å². The predicted octanol–water partition coefficient (Wildman–Crippen LogP) is 0.471. The number of methoxy groups -OCH3 is 1. The van der Waals surface area contributed by atoms with E-state index in [9.17, 15) is 9.59 Å². The normalized spacial score (nSPS) is 10.3. The molecule has 1 aromatic heterocycles. The molecule has 0 radical (unpaired) electrons. The summed E-state index contributed by atoms with van der Waals surface area (Å²) in [7, 11) is 1.29. The third-order valence-electron chi connectivity index (χ3n) is 3.17. The SMILES string of the molecule is COC(=O)c1ccccc1NC(=O)Cn1nnc(CN)c1C. The van der Waals surface area contributed by atoms with Crippen molar-refractivity contribution in [3.8, 4) is 0 Å². The second-order valence-corrected chi connectivity index (χ2v) is 4.57. The van der Waals surface area contributed by atoms with E-state index in [4.69, 9.17) is 5.73 Å². The summed E-state index contributed by atoms with van der Waals surface area (Å²) < 4.78 is 6.14. The number of amides is 1. The Hall–Kier alpha value is -2.74. The van der Waals surface area contributed by atoms with Gasteiger partial charge in [-0.1, -0.05) is 17.3 Å². The average Bonchev–Trinajstić information content (AvgIpc) is 2.87. The predicted molar refractivity (Wildman–Crippen MR) is 79.1 cm³/mol. The third-order valence-corrected chi connectivity index (χ3v) is 3.17. The van der Waals surface area contributed by atoms with Crippen molar-refractivity contribution in [1.82, 2.24) is 15.0 Å². The maximum absolute atomic E-state index is 12.1. The summed E-state index contributed by atoms with van der Waals surface area (Å²) >= 11 is 0. The molecule has 0 aliphatic rings. The highest BCUT2D eigenvalue weighted by Crippen LogP contribution is 2.16. The molecular weight excluding hydrogens is 286 g/mol. The second-order valence-electron chi connectivity index (χ2n) is 4.57. The topological polar surface area (TPSA) is 112 Å². The summed E-state index contributed by atoms with van der Waals surface area (Å²) in [6, 6.07) is 6.62. The fourth-order valence-corrected chi connectivity index (χ4v) is 1.94. The van der Waals surface area contributed by atoms with Gasteiger partial charge in [0.1, 0.15) is 6.54 Å². The molecule has 0 spiro atoms. The van der Waals surface area contributed by atoms with Crippen LogP contribution >= 0.6 is 0 Å². The van der Waals surface area contributed by atoms with E-state index in [0.29, 0.717) is 11.4 Å². The van der Waals surface area contributed by atoms with E-state index >= 15 is 0 Å². The van der Waals surface area contributed by atoms with Crippen LogP contribution in [-0.4, -0.2) is 34.0 Å². The minimum absolute atomic E-state index is 0.0195. The summed E-state index contributed by atoms with van der Waals surface area (Å²) in [6.07, 6.45) is 0. The van der Waals surface area contributed by atoms with Gasteiger partial charge < -0.3 is 15.8 Å². The number of carbonyl (C=O) groups excluding carboxylic acids is 2. The van der Waals surface area contributed by atoms with E-state index in [1.165, 1.54) is 11.8 Å². The highest BCUT2D eigenvalue weighted by atomic mass is 16.5. The van der Waals surface area contributed by atoms with Crippen molar-refractivity contribution in [2.75, 3.05) is 12.4 Å². The Bertz CT molecular complexity index is 696.